The van der Waals surface area contributed by atoms with E-state index < -0.39 is 0 Å². The molecule has 0 fully saturated rings. The van der Waals surface area contributed by atoms with Crippen molar-refractivity contribution in [3.8, 4) is 6.07 Å². The molecule has 0 saturated carbocycles. The molecule has 1 aromatic carbocycles. The summed E-state index contributed by atoms with van der Waals surface area (Å²) < 4.78 is 0. The minimum absolute atomic E-state index is 0.367. The quantitative estimate of drug-likeness (QED) is 0.727. The van der Waals surface area contributed by atoms with Crippen molar-refractivity contribution in [2.24, 2.45) is 5.73 Å². The Morgan fingerprint density at radius 3 is 2.79 bits per heavy atom. The fraction of sp³-hybridized carbons (Fsp3) is 0. The SMILES string of the molecule is N#Cc1ccc(C(N)=CC=N)cc1Cl. The number of rotatable bonds is 2. The predicted octanol–water partition coefficient (Wildman–Crippen LogP) is 2.16. The molecule has 0 aromatic heterocycles. The molecule has 3 N–H and O–H groups in total. The van der Waals surface area contributed by atoms with E-state index in [1.54, 1.807) is 18.2 Å². The summed E-state index contributed by atoms with van der Waals surface area (Å²) in [5, 5.41) is 15.8. The van der Waals surface area contributed by atoms with Crippen LogP contribution in [0.25, 0.3) is 5.70 Å². The number of allylic oxidation sites excluding steroid dienone is 1. The molecule has 0 aliphatic heterocycles. The highest BCUT2D eigenvalue weighted by molar-refractivity contribution is 6.31. The van der Waals surface area contributed by atoms with E-state index in [9.17, 15) is 0 Å². The Labute approximate surface area is 86.9 Å². The Hall–Kier alpha value is -1.79. The average molecular weight is 206 g/mol. The third kappa shape index (κ3) is 2.12. The zero-order valence-corrected chi connectivity index (χ0v) is 8.05. The maximum Gasteiger partial charge on any atom is 0.101 e. The topological polar surface area (TPSA) is 73.7 Å². The Morgan fingerprint density at radius 2 is 2.29 bits per heavy atom. The first-order valence-electron chi connectivity index (χ1n) is 3.85. The molecule has 0 radical (unpaired) electrons. The molecule has 70 valence electrons. The maximum absolute atomic E-state index is 8.63. The lowest BCUT2D eigenvalue weighted by molar-refractivity contribution is 1.46. The first-order valence-corrected chi connectivity index (χ1v) is 4.23. The molecule has 0 atom stereocenters. The summed E-state index contributed by atoms with van der Waals surface area (Å²) >= 11 is 5.81. The molecule has 3 nitrogen and oxygen atoms in total. The molecule has 0 bridgehead atoms. The highest BCUT2D eigenvalue weighted by Gasteiger charge is 2.01. The van der Waals surface area contributed by atoms with Crippen molar-refractivity contribution in [2.75, 3.05) is 0 Å². The van der Waals surface area contributed by atoms with Gasteiger partial charge >= 0.3 is 0 Å². The number of nitrogens with one attached hydrogen (secondary N) is 1. The fourth-order valence-electron chi connectivity index (χ4n) is 0.971. The molecule has 1 aromatic rings. The highest BCUT2D eigenvalue weighted by atomic mass is 35.5. The summed E-state index contributed by atoms with van der Waals surface area (Å²) in [6.07, 6.45) is 2.55. The first-order chi connectivity index (χ1) is 6.69. The molecule has 4 heteroatoms. The van der Waals surface area contributed by atoms with Crippen LogP contribution >= 0.6 is 11.6 Å². The van der Waals surface area contributed by atoms with Gasteiger partial charge in [0.1, 0.15) is 6.07 Å². The molecule has 1 rings (SSSR count). The van der Waals surface area contributed by atoms with E-state index >= 15 is 0 Å². The molecule has 0 unspecified atom stereocenters. The summed E-state index contributed by atoms with van der Waals surface area (Å²) in [7, 11) is 0. The van der Waals surface area contributed by atoms with E-state index in [0.29, 0.717) is 21.8 Å². The van der Waals surface area contributed by atoms with E-state index in [1.165, 1.54) is 6.08 Å². The second-order valence-electron chi connectivity index (χ2n) is 2.60. The minimum Gasteiger partial charge on any atom is -0.398 e. The lowest BCUT2D eigenvalue weighted by Crippen LogP contribution is -1.96. The Kier molecular flexibility index (Phi) is 3.27. The van der Waals surface area contributed by atoms with Gasteiger partial charge in [-0.15, -0.1) is 0 Å². The van der Waals surface area contributed by atoms with Crippen LogP contribution in [0, 0.1) is 16.7 Å². The molecular formula is C10H8ClN3. The third-order valence-corrected chi connectivity index (χ3v) is 2.00. The van der Waals surface area contributed by atoms with Crippen molar-refractivity contribution in [2.45, 2.75) is 0 Å². The standard InChI is InChI=1S/C10H8ClN3/c11-9-5-7(10(14)3-4-12)1-2-8(9)6-13/h1-5,12H,14H2. The summed E-state index contributed by atoms with van der Waals surface area (Å²) in [6, 6.07) is 6.86. The fourth-order valence-corrected chi connectivity index (χ4v) is 1.19. The highest BCUT2D eigenvalue weighted by Crippen LogP contribution is 2.19. The number of nitrogens with two attached hydrogens (primary N) is 1. The zero-order chi connectivity index (χ0) is 10.6. The van der Waals surface area contributed by atoms with E-state index in [0.717, 1.165) is 6.21 Å². The van der Waals surface area contributed by atoms with E-state index in [-0.39, 0.29) is 0 Å². The van der Waals surface area contributed by atoms with E-state index in [2.05, 4.69) is 0 Å². The van der Waals surface area contributed by atoms with Gasteiger partial charge in [-0.05, 0) is 23.8 Å². The van der Waals surface area contributed by atoms with Crippen molar-refractivity contribution in [3.63, 3.8) is 0 Å². The van der Waals surface area contributed by atoms with Gasteiger partial charge in [-0.3, -0.25) is 0 Å². The average Bonchev–Trinajstić information content (AvgIpc) is 2.18. The van der Waals surface area contributed by atoms with Gasteiger partial charge in [0.2, 0.25) is 0 Å². The largest absolute Gasteiger partial charge is 0.398 e. The maximum atomic E-state index is 8.63. The van der Waals surface area contributed by atoms with Crippen molar-refractivity contribution in [1.29, 1.82) is 10.7 Å². The predicted molar refractivity (Wildman–Crippen MR) is 57.1 cm³/mol. The van der Waals surface area contributed by atoms with Gasteiger partial charge in [0.05, 0.1) is 10.6 Å². The lowest BCUT2D eigenvalue weighted by atomic mass is 10.1. The molecule has 0 amide bonds. The second-order valence-corrected chi connectivity index (χ2v) is 3.00. The summed E-state index contributed by atoms with van der Waals surface area (Å²) in [6.45, 7) is 0. The number of hydrogen-bond acceptors (Lipinski definition) is 3. The molecule has 0 heterocycles. The van der Waals surface area contributed by atoms with Crippen molar-refractivity contribution < 1.29 is 0 Å². The van der Waals surface area contributed by atoms with Crippen LogP contribution in [0.4, 0.5) is 0 Å². The lowest BCUT2D eigenvalue weighted by Gasteiger charge is -2.01. The molecule has 0 aliphatic carbocycles. The number of benzene rings is 1. The van der Waals surface area contributed by atoms with Crippen molar-refractivity contribution in [3.05, 3.63) is 40.4 Å². The van der Waals surface area contributed by atoms with Gasteiger partial charge in [0.25, 0.3) is 0 Å². The molecule has 0 saturated heterocycles. The van der Waals surface area contributed by atoms with Gasteiger partial charge < -0.3 is 11.1 Å². The number of nitrogens with zero attached hydrogens (tertiary/aromatic N) is 1. The van der Waals surface area contributed by atoms with Gasteiger partial charge in [0.15, 0.2) is 0 Å². The van der Waals surface area contributed by atoms with Gasteiger partial charge in [0, 0.05) is 11.9 Å². The Bertz CT molecular complexity index is 429. The van der Waals surface area contributed by atoms with Crippen LogP contribution in [0.3, 0.4) is 0 Å². The van der Waals surface area contributed by atoms with Crippen LogP contribution in [-0.4, -0.2) is 6.21 Å². The van der Waals surface area contributed by atoms with Gasteiger partial charge in [-0.1, -0.05) is 17.7 Å². The zero-order valence-electron chi connectivity index (χ0n) is 7.29. The van der Waals surface area contributed by atoms with Gasteiger partial charge in [-0.2, -0.15) is 5.26 Å². The minimum atomic E-state index is 0.367. The normalized spacial score (nSPS) is 10.7. The van der Waals surface area contributed by atoms with Crippen LogP contribution in [0.2, 0.25) is 5.02 Å². The van der Waals surface area contributed by atoms with Crippen LogP contribution in [0.5, 0.6) is 0 Å². The van der Waals surface area contributed by atoms with E-state index in [1.807, 2.05) is 6.07 Å². The molecular weight excluding hydrogens is 198 g/mol. The number of halogens is 1. The third-order valence-electron chi connectivity index (χ3n) is 1.69. The van der Waals surface area contributed by atoms with Crippen molar-refractivity contribution in [1.82, 2.24) is 0 Å². The molecule has 0 aliphatic rings. The Morgan fingerprint density at radius 1 is 1.57 bits per heavy atom. The number of nitriles is 1. The van der Waals surface area contributed by atoms with Crippen LogP contribution in [0.15, 0.2) is 24.3 Å². The summed E-state index contributed by atoms with van der Waals surface area (Å²) in [5.41, 5.74) is 7.21. The smallest absolute Gasteiger partial charge is 0.101 e. The van der Waals surface area contributed by atoms with Gasteiger partial charge in [-0.25, -0.2) is 0 Å². The van der Waals surface area contributed by atoms with E-state index in [4.69, 9.17) is 28.0 Å². The first kappa shape index (κ1) is 10.3. The van der Waals surface area contributed by atoms with Crippen LogP contribution in [0.1, 0.15) is 11.1 Å². The Balaban J connectivity index is 3.16. The molecule has 0 spiro atoms. The second kappa shape index (κ2) is 4.45. The van der Waals surface area contributed by atoms with Crippen molar-refractivity contribution >= 4 is 23.5 Å². The summed E-state index contributed by atoms with van der Waals surface area (Å²) in [5.74, 6) is 0. The monoisotopic (exact) mass is 205 g/mol. The van der Waals surface area contributed by atoms with Crippen LogP contribution in [-0.2, 0) is 0 Å². The molecule has 14 heavy (non-hydrogen) atoms. The van der Waals surface area contributed by atoms with Crippen LogP contribution < -0.4 is 5.73 Å². The summed E-state index contributed by atoms with van der Waals surface area (Å²) in [4.78, 5) is 0. The number of hydrogen-bond donors (Lipinski definition) is 2.